The first-order chi connectivity index (χ1) is 16.0. The first-order valence-electron chi connectivity index (χ1n) is 11.0. The van der Waals surface area contributed by atoms with Crippen molar-refractivity contribution in [1.29, 1.82) is 0 Å². The summed E-state index contributed by atoms with van der Waals surface area (Å²) in [6.07, 6.45) is 2.59. The van der Waals surface area contributed by atoms with Crippen molar-refractivity contribution in [1.82, 2.24) is 9.21 Å². The SMILES string of the molecule is CCOc1ccc(S(=O)(=O)N2CCC(C(=O)N(Cc3ccco3)Cc3cccs3)CC2)cc1. The maximum Gasteiger partial charge on any atom is 0.243 e. The van der Waals surface area contributed by atoms with E-state index >= 15 is 0 Å². The Morgan fingerprint density at radius 3 is 2.48 bits per heavy atom. The van der Waals surface area contributed by atoms with Crippen molar-refractivity contribution in [3.63, 3.8) is 0 Å². The van der Waals surface area contributed by atoms with E-state index in [1.54, 1.807) is 41.9 Å². The van der Waals surface area contributed by atoms with Crippen LogP contribution in [0.25, 0.3) is 0 Å². The molecule has 0 N–H and O–H groups in total. The largest absolute Gasteiger partial charge is 0.494 e. The molecule has 176 valence electrons. The van der Waals surface area contributed by atoms with Gasteiger partial charge in [-0.2, -0.15) is 4.31 Å². The summed E-state index contributed by atoms with van der Waals surface area (Å²) in [7, 11) is -3.61. The molecule has 0 spiro atoms. The molecule has 1 amide bonds. The summed E-state index contributed by atoms with van der Waals surface area (Å²) in [6, 6.07) is 14.1. The molecule has 1 fully saturated rings. The number of hydrogen-bond donors (Lipinski definition) is 0. The summed E-state index contributed by atoms with van der Waals surface area (Å²) < 4.78 is 38.5. The number of amides is 1. The molecule has 9 heteroatoms. The molecule has 0 atom stereocenters. The van der Waals surface area contributed by atoms with Crippen molar-refractivity contribution in [3.05, 3.63) is 70.8 Å². The molecule has 4 rings (SSSR count). The van der Waals surface area contributed by atoms with Gasteiger partial charge < -0.3 is 14.1 Å². The van der Waals surface area contributed by atoms with Gasteiger partial charge in [0.25, 0.3) is 0 Å². The molecule has 1 saturated heterocycles. The summed E-state index contributed by atoms with van der Waals surface area (Å²) >= 11 is 1.61. The van der Waals surface area contributed by atoms with E-state index in [0.29, 0.717) is 51.4 Å². The topological polar surface area (TPSA) is 80.1 Å². The average molecular weight is 489 g/mol. The Labute approximate surface area is 198 Å². The average Bonchev–Trinajstić information content (AvgIpc) is 3.53. The molecule has 33 heavy (non-hydrogen) atoms. The number of furan rings is 1. The van der Waals surface area contributed by atoms with Crippen LogP contribution in [0.3, 0.4) is 0 Å². The number of hydrogen-bond acceptors (Lipinski definition) is 6. The second kappa shape index (κ2) is 10.5. The zero-order valence-corrected chi connectivity index (χ0v) is 20.2. The third kappa shape index (κ3) is 5.66. The van der Waals surface area contributed by atoms with Gasteiger partial charge in [-0.05, 0) is 67.6 Å². The van der Waals surface area contributed by atoms with Crippen LogP contribution in [0.4, 0.5) is 0 Å². The number of carbonyl (C=O) groups excluding carboxylic acids is 1. The number of benzene rings is 1. The zero-order chi connectivity index (χ0) is 23.3. The van der Waals surface area contributed by atoms with Crippen LogP contribution in [0.2, 0.25) is 0 Å². The Balaban J connectivity index is 1.41. The van der Waals surface area contributed by atoms with Gasteiger partial charge in [-0.1, -0.05) is 6.07 Å². The van der Waals surface area contributed by atoms with Crippen molar-refractivity contribution < 1.29 is 22.4 Å². The van der Waals surface area contributed by atoms with Crippen LogP contribution in [-0.2, 0) is 27.9 Å². The van der Waals surface area contributed by atoms with Gasteiger partial charge in [0.15, 0.2) is 0 Å². The third-order valence-corrected chi connectivity index (χ3v) is 8.51. The van der Waals surface area contributed by atoms with Gasteiger partial charge in [-0.3, -0.25) is 4.79 Å². The lowest BCUT2D eigenvalue weighted by molar-refractivity contribution is -0.138. The Morgan fingerprint density at radius 1 is 1.12 bits per heavy atom. The maximum absolute atomic E-state index is 13.4. The Hall–Kier alpha value is -2.62. The van der Waals surface area contributed by atoms with E-state index in [1.807, 2.05) is 41.5 Å². The van der Waals surface area contributed by atoms with Crippen LogP contribution in [0.5, 0.6) is 5.75 Å². The van der Waals surface area contributed by atoms with E-state index in [1.165, 1.54) is 4.31 Å². The van der Waals surface area contributed by atoms with Crippen LogP contribution in [-0.4, -0.2) is 43.2 Å². The molecule has 0 saturated carbocycles. The van der Waals surface area contributed by atoms with Crippen LogP contribution >= 0.6 is 11.3 Å². The fourth-order valence-electron chi connectivity index (χ4n) is 4.02. The van der Waals surface area contributed by atoms with E-state index < -0.39 is 10.0 Å². The lowest BCUT2D eigenvalue weighted by atomic mass is 9.96. The van der Waals surface area contributed by atoms with E-state index in [9.17, 15) is 13.2 Å². The lowest BCUT2D eigenvalue weighted by Gasteiger charge is -2.33. The fraction of sp³-hybridized carbons (Fsp3) is 0.375. The van der Waals surface area contributed by atoms with Gasteiger partial charge in [0.05, 0.1) is 30.9 Å². The summed E-state index contributed by atoms with van der Waals surface area (Å²) in [5.74, 6) is 1.20. The molecule has 7 nitrogen and oxygen atoms in total. The maximum atomic E-state index is 13.4. The Kier molecular flexibility index (Phi) is 7.52. The second-order valence-electron chi connectivity index (χ2n) is 7.94. The predicted molar refractivity (Wildman–Crippen MR) is 126 cm³/mol. The van der Waals surface area contributed by atoms with Gasteiger partial charge in [-0.15, -0.1) is 11.3 Å². The van der Waals surface area contributed by atoms with Crippen molar-refractivity contribution in [3.8, 4) is 5.75 Å². The van der Waals surface area contributed by atoms with Crippen molar-refractivity contribution in [2.75, 3.05) is 19.7 Å². The molecular formula is C24H28N2O5S2. The van der Waals surface area contributed by atoms with Gasteiger partial charge in [0.1, 0.15) is 11.5 Å². The molecule has 3 heterocycles. The van der Waals surface area contributed by atoms with Gasteiger partial charge >= 0.3 is 0 Å². The molecule has 0 radical (unpaired) electrons. The summed E-state index contributed by atoms with van der Waals surface area (Å²) in [5, 5.41) is 2.00. The highest BCUT2D eigenvalue weighted by molar-refractivity contribution is 7.89. The van der Waals surface area contributed by atoms with Gasteiger partial charge in [-0.25, -0.2) is 8.42 Å². The van der Waals surface area contributed by atoms with Gasteiger partial charge in [0.2, 0.25) is 15.9 Å². The van der Waals surface area contributed by atoms with E-state index in [2.05, 4.69) is 0 Å². The lowest BCUT2D eigenvalue weighted by Crippen LogP contribution is -2.44. The third-order valence-electron chi connectivity index (χ3n) is 5.74. The summed E-state index contributed by atoms with van der Waals surface area (Å²) in [6.45, 7) is 3.96. The number of thiophene rings is 1. The summed E-state index contributed by atoms with van der Waals surface area (Å²) in [5.41, 5.74) is 0. The fourth-order valence-corrected chi connectivity index (χ4v) is 6.21. The number of carbonyl (C=O) groups is 1. The minimum atomic E-state index is -3.61. The molecular weight excluding hydrogens is 460 g/mol. The highest BCUT2D eigenvalue weighted by atomic mass is 32.2. The number of ether oxygens (including phenoxy) is 1. The van der Waals surface area contributed by atoms with Crippen LogP contribution in [0, 0.1) is 5.92 Å². The first kappa shape index (κ1) is 23.5. The van der Waals surface area contributed by atoms with E-state index in [0.717, 1.165) is 10.6 Å². The molecule has 3 aromatic rings. The Bertz CT molecular complexity index is 1080. The highest BCUT2D eigenvalue weighted by Gasteiger charge is 2.34. The van der Waals surface area contributed by atoms with Crippen LogP contribution in [0.15, 0.2) is 69.5 Å². The number of sulfonamides is 1. The Morgan fingerprint density at radius 2 is 1.88 bits per heavy atom. The minimum Gasteiger partial charge on any atom is -0.494 e. The molecule has 0 unspecified atom stereocenters. The van der Waals surface area contributed by atoms with Gasteiger partial charge in [0, 0.05) is 23.9 Å². The predicted octanol–water partition coefficient (Wildman–Crippen LogP) is 4.37. The quantitative estimate of drug-likeness (QED) is 0.447. The van der Waals surface area contributed by atoms with Crippen molar-refractivity contribution in [2.45, 2.75) is 37.8 Å². The zero-order valence-electron chi connectivity index (χ0n) is 18.6. The summed E-state index contributed by atoms with van der Waals surface area (Å²) in [4.78, 5) is 16.5. The minimum absolute atomic E-state index is 0.0397. The normalized spacial score (nSPS) is 15.4. The number of nitrogens with zero attached hydrogens (tertiary/aromatic N) is 2. The number of piperidine rings is 1. The highest BCUT2D eigenvalue weighted by Crippen LogP contribution is 2.27. The monoisotopic (exact) mass is 488 g/mol. The van der Waals surface area contributed by atoms with Crippen LogP contribution in [0.1, 0.15) is 30.4 Å². The number of rotatable bonds is 9. The second-order valence-corrected chi connectivity index (χ2v) is 10.9. The van der Waals surface area contributed by atoms with E-state index in [-0.39, 0.29) is 16.7 Å². The standard InChI is InChI=1S/C24H28N2O5S2/c1-2-30-20-7-9-23(10-8-20)33(28,29)26-13-11-19(12-14-26)24(27)25(17-21-5-3-15-31-21)18-22-6-4-16-32-22/h3-10,15-16,19H,2,11-14,17-18H2,1H3. The molecule has 0 bridgehead atoms. The van der Waals surface area contributed by atoms with Crippen LogP contribution < -0.4 is 4.74 Å². The molecule has 2 aromatic heterocycles. The molecule has 1 aliphatic heterocycles. The van der Waals surface area contributed by atoms with Crippen molar-refractivity contribution >= 4 is 27.3 Å². The van der Waals surface area contributed by atoms with Crippen molar-refractivity contribution in [2.24, 2.45) is 5.92 Å². The molecule has 1 aliphatic rings. The molecule has 1 aromatic carbocycles. The smallest absolute Gasteiger partial charge is 0.243 e. The molecule has 0 aliphatic carbocycles. The van der Waals surface area contributed by atoms with E-state index in [4.69, 9.17) is 9.15 Å². The first-order valence-corrected chi connectivity index (χ1v) is 13.4.